The minimum Gasteiger partial charge on any atom is -0.369 e. The number of carbonyl (C=O) groups is 1. The highest BCUT2D eigenvalue weighted by Gasteiger charge is 2.07. The van der Waals surface area contributed by atoms with Crippen LogP contribution in [0.4, 0.5) is 0 Å². The van der Waals surface area contributed by atoms with Crippen LogP contribution in [0.3, 0.4) is 0 Å². The lowest BCUT2D eigenvalue weighted by Crippen LogP contribution is -2.13. The van der Waals surface area contributed by atoms with E-state index in [4.69, 9.17) is 5.73 Å². The predicted molar refractivity (Wildman–Crippen MR) is 97.5 cm³/mol. The Kier molecular flexibility index (Phi) is 7.18. The third kappa shape index (κ3) is 5.74. The molecule has 23 heavy (non-hydrogen) atoms. The number of benzene rings is 1. The highest BCUT2D eigenvalue weighted by molar-refractivity contribution is 5.88. The Labute approximate surface area is 139 Å². The van der Waals surface area contributed by atoms with E-state index < -0.39 is 0 Å². The molecule has 3 N–H and O–H groups in total. The summed E-state index contributed by atoms with van der Waals surface area (Å²) in [4.78, 5) is 14.4. The number of rotatable bonds is 11. The number of unbranched alkanes of at least 4 members (excludes halogenated alkanes) is 7. The first-order chi connectivity index (χ1) is 11.2. The average Bonchev–Trinajstić information content (AvgIpc) is 2.92. The third-order valence-corrected chi connectivity index (χ3v) is 4.52. The molecule has 1 aromatic carbocycles. The second-order valence-corrected chi connectivity index (χ2v) is 6.56. The standard InChI is InChI=1S/C20H30N2O/c1-2-3-4-5-6-7-8-9-10-16-11-12-19-18(13-16)17(15-22-19)14-20(21)23/h11-13,15,22H,2-10,14H2,1H3,(H2,21,23). The van der Waals surface area contributed by atoms with Gasteiger partial charge in [-0.15, -0.1) is 0 Å². The number of primary amides is 1. The van der Waals surface area contributed by atoms with Crippen LogP contribution >= 0.6 is 0 Å². The molecule has 0 aliphatic rings. The summed E-state index contributed by atoms with van der Waals surface area (Å²) in [6.07, 6.45) is 14.1. The lowest BCUT2D eigenvalue weighted by atomic mass is 10.0. The van der Waals surface area contributed by atoms with Crippen molar-refractivity contribution in [3.63, 3.8) is 0 Å². The van der Waals surface area contributed by atoms with E-state index in [-0.39, 0.29) is 5.91 Å². The number of carbonyl (C=O) groups excluding carboxylic acids is 1. The van der Waals surface area contributed by atoms with Crippen LogP contribution < -0.4 is 5.73 Å². The average molecular weight is 314 g/mol. The molecule has 2 aromatic rings. The van der Waals surface area contributed by atoms with E-state index in [2.05, 4.69) is 30.1 Å². The van der Waals surface area contributed by atoms with Gasteiger partial charge in [0.1, 0.15) is 0 Å². The van der Waals surface area contributed by atoms with Gasteiger partial charge < -0.3 is 10.7 Å². The fourth-order valence-corrected chi connectivity index (χ4v) is 3.18. The molecule has 126 valence electrons. The predicted octanol–water partition coefficient (Wildman–Crippen LogP) is 4.88. The summed E-state index contributed by atoms with van der Waals surface area (Å²) in [6.45, 7) is 2.26. The quantitative estimate of drug-likeness (QED) is 0.571. The molecule has 3 heteroatoms. The van der Waals surface area contributed by atoms with Crippen LogP contribution in [0, 0.1) is 0 Å². The van der Waals surface area contributed by atoms with Crippen molar-refractivity contribution >= 4 is 16.8 Å². The number of aromatic nitrogens is 1. The highest BCUT2D eigenvalue weighted by atomic mass is 16.1. The molecule has 0 atom stereocenters. The second kappa shape index (κ2) is 9.39. The van der Waals surface area contributed by atoms with Gasteiger partial charge in [0, 0.05) is 17.1 Å². The van der Waals surface area contributed by atoms with Gasteiger partial charge in [-0.25, -0.2) is 0 Å². The van der Waals surface area contributed by atoms with Gasteiger partial charge in [0.25, 0.3) is 0 Å². The lowest BCUT2D eigenvalue weighted by molar-refractivity contribution is -0.117. The number of hydrogen-bond donors (Lipinski definition) is 2. The lowest BCUT2D eigenvalue weighted by Gasteiger charge is -2.04. The SMILES string of the molecule is CCCCCCCCCCc1ccc2[nH]cc(CC(N)=O)c2c1. The Morgan fingerprint density at radius 3 is 2.43 bits per heavy atom. The maximum absolute atomic E-state index is 11.1. The Morgan fingerprint density at radius 2 is 1.74 bits per heavy atom. The van der Waals surface area contributed by atoms with Crippen molar-refractivity contribution in [2.75, 3.05) is 0 Å². The molecule has 0 spiro atoms. The van der Waals surface area contributed by atoms with Gasteiger partial charge in [-0.05, 0) is 36.1 Å². The molecule has 0 aliphatic carbocycles. The molecule has 0 aliphatic heterocycles. The van der Waals surface area contributed by atoms with E-state index in [0.29, 0.717) is 6.42 Å². The van der Waals surface area contributed by atoms with Crippen LogP contribution in [-0.4, -0.2) is 10.9 Å². The number of aryl methyl sites for hydroxylation is 1. The summed E-state index contributed by atoms with van der Waals surface area (Å²) < 4.78 is 0. The Morgan fingerprint density at radius 1 is 1.04 bits per heavy atom. The van der Waals surface area contributed by atoms with Crippen LogP contribution in [0.25, 0.3) is 10.9 Å². The number of hydrogen-bond acceptors (Lipinski definition) is 1. The van der Waals surface area contributed by atoms with Crippen molar-refractivity contribution in [2.24, 2.45) is 5.73 Å². The molecule has 2 rings (SSSR count). The van der Waals surface area contributed by atoms with Gasteiger partial charge in [-0.1, -0.05) is 57.9 Å². The molecule has 0 bridgehead atoms. The Hall–Kier alpha value is -1.77. The molecule has 1 amide bonds. The van der Waals surface area contributed by atoms with Crippen LogP contribution in [0.5, 0.6) is 0 Å². The van der Waals surface area contributed by atoms with Gasteiger partial charge in [0.15, 0.2) is 0 Å². The number of aromatic amines is 1. The van der Waals surface area contributed by atoms with E-state index in [0.717, 1.165) is 22.9 Å². The summed E-state index contributed by atoms with van der Waals surface area (Å²) in [5.74, 6) is -0.278. The van der Waals surface area contributed by atoms with Gasteiger partial charge in [-0.3, -0.25) is 4.79 Å². The monoisotopic (exact) mass is 314 g/mol. The minimum absolute atomic E-state index is 0.278. The fraction of sp³-hybridized carbons (Fsp3) is 0.550. The van der Waals surface area contributed by atoms with Crippen LogP contribution in [0.15, 0.2) is 24.4 Å². The fourth-order valence-electron chi connectivity index (χ4n) is 3.18. The number of amides is 1. The van der Waals surface area contributed by atoms with Gasteiger partial charge in [0.05, 0.1) is 6.42 Å². The zero-order chi connectivity index (χ0) is 16.5. The van der Waals surface area contributed by atoms with Crippen LogP contribution in [0.2, 0.25) is 0 Å². The van der Waals surface area contributed by atoms with Gasteiger partial charge in [0.2, 0.25) is 5.91 Å². The zero-order valence-electron chi connectivity index (χ0n) is 14.4. The van der Waals surface area contributed by atoms with Crippen LogP contribution in [-0.2, 0) is 17.6 Å². The minimum atomic E-state index is -0.278. The summed E-state index contributed by atoms with van der Waals surface area (Å²) >= 11 is 0. The first-order valence-corrected chi connectivity index (χ1v) is 9.08. The number of nitrogens with one attached hydrogen (secondary N) is 1. The number of fused-ring (bicyclic) bond motifs is 1. The molecule has 0 radical (unpaired) electrons. The van der Waals surface area contributed by atoms with E-state index in [1.54, 1.807) is 0 Å². The molecular weight excluding hydrogens is 284 g/mol. The molecule has 0 saturated carbocycles. The van der Waals surface area contributed by atoms with Crippen molar-refractivity contribution in [1.82, 2.24) is 4.98 Å². The summed E-state index contributed by atoms with van der Waals surface area (Å²) in [7, 11) is 0. The largest absolute Gasteiger partial charge is 0.369 e. The summed E-state index contributed by atoms with van der Waals surface area (Å²) in [5.41, 5.74) is 8.76. The van der Waals surface area contributed by atoms with Crippen molar-refractivity contribution in [3.8, 4) is 0 Å². The summed E-state index contributed by atoms with van der Waals surface area (Å²) in [6, 6.07) is 6.51. The molecule has 3 nitrogen and oxygen atoms in total. The van der Waals surface area contributed by atoms with Crippen molar-refractivity contribution in [1.29, 1.82) is 0 Å². The molecule has 1 heterocycles. The van der Waals surface area contributed by atoms with E-state index in [1.165, 1.54) is 56.9 Å². The van der Waals surface area contributed by atoms with E-state index in [9.17, 15) is 4.79 Å². The first-order valence-electron chi connectivity index (χ1n) is 9.08. The molecule has 1 aromatic heterocycles. The zero-order valence-corrected chi connectivity index (χ0v) is 14.4. The molecule has 0 saturated heterocycles. The number of nitrogens with two attached hydrogens (primary N) is 1. The van der Waals surface area contributed by atoms with Crippen molar-refractivity contribution in [2.45, 2.75) is 71.1 Å². The highest BCUT2D eigenvalue weighted by Crippen LogP contribution is 2.21. The van der Waals surface area contributed by atoms with E-state index >= 15 is 0 Å². The maximum Gasteiger partial charge on any atom is 0.221 e. The van der Waals surface area contributed by atoms with Crippen LogP contribution in [0.1, 0.15) is 69.4 Å². The normalized spacial score (nSPS) is 11.2. The van der Waals surface area contributed by atoms with Crippen molar-refractivity contribution < 1.29 is 4.79 Å². The van der Waals surface area contributed by atoms with Gasteiger partial charge >= 0.3 is 0 Å². The van der Waals surface area contributed by atoms with Gasteiger partial charge in [-0.2, -0.15) is 0 Å². The second-order valence-electron chi connectivity index (χ2n) is 6.56. The Balaban J connectivity index is 1.78. The molecule has 0 fully saturated rings. The first kappa shape index (κ1) is 17.6. The third-order valence-electron chi connectivity index (χ3n) is 4.52. The topological polar surface area (TPSA) is 58.9 Å². The van der Waals surface area contributed by atoms with Crippen molar-refractivity contribution in [3.05, 3.63) is 35.5 Å². The maximum atomic E-state index is 11.1. The molecular formula is C20H30N2O. The summed E-state index contributed by atoms with van der Waals surface area (Å²) in [5, 5.41) is 1.14. The Bertz CT molecular complexity index is 615. The number of H-pyrrole nitrogens is 1. The van der Waals surface area contributed by atoms with E-state index in [1.807, 2.05) is 6.20 Å². The molecule has 0 unspecified atom stereocenters. The smallest absolute Gasteiger partial charge is 0.221 e.